The minimum absolute atomic E-state index is 0.00617. The van der Waals surface area contributed by atoms with Crippen LogP contribution >= 0.6 is 0 Å². The number of hydrogen-bond donors (Lipinski definition) is 0. The lowest BCUT2D eigenvalue weighted by atomic mass is 10.00. The highest BCUT2D eigenvalue weighted by molar-refractivity contribution is 6.60. The molecule has 9 nitrogen and oxygen atoms in total. The van der Waals surface area contributed by atoms with Gasteiger partial charge in [-0.15, -0.1) is 8.78 Å². The zero-order valence-electron chi connectivity index (χ0n) is 33.1. The number of carbonyl (C=O) groups excluding carboxylic acids is 1. The highest BCUT2D eigenvalue weighted by Gasteiger charge is 3.02. The Balaban J connectivity index is 0. The first-order valence-electron chi connectivity index (χ1n) is 16.2. The van der Waals surface area contributed by atoms with E-state index in [2.05, 4.69) is 23.7 Å². The second-order valence-corrected chi connectivity index (χ2v) is 15.8. The molecule has 0 radical (unpaired) electrons. The second kappa shape index (κ2) is 21.8. The Morgan fingerprint density at radius 3 is 0.845 bits per heavy atom. The van der Waals surface area contributed by atoms with E-state index in [4.69, 9.17) is 18.1 Å². The molecule has 0 saturated carbocycles. The molecule has 4 saturated heterocycles. The zero-order chi connectivity index (χ0) is 58.0. The Morgan fingerprint density at radius 1 is 0.451 bits per heavy atom. The molecule has 4 aliphatic heterocycles. The van der Waals surface area contributed by atoms with Gasteiger partial charge < -0.3 is 18.0 Å². The van der Waals surface area contributed by atoms with Crippen LogP contribution in [0, 0.1) is 0 Å². The molecule has 0 aromatic rings. The van der Waals surface area contributed by atoms with Gasteiger partial charge in [0.05, 0.1) is 6.61 Å². The predicted octanol–water partition coefficient (Wildman–Crippen LogP) is 12.9. The molecule has 0 spiro atoms. The summed E-state index contributed by atoms with van der Waals surface area (Å²) >= 11 is 0. The number of halogens is 35. The number of rotatable bonds is 12. The first-order chi connectivity index (χ1) is 30.6. The fraction of sp³-hybridized carbons (Fsp3) is 0.962. The molecule has 428 valence electrons. The van der Waals surface area contributed by atoms with Gasteiger partial charge in [-0.25, -0.2) is 9.18 Å². The summed E-state index contributed by atoms with van der Waals surface area (Å²) in [5.41, 5.74) is -5.00. The van der Waals surface area contributed by atoms with Crippen LogP contribution in [0.1, 0.15) is 19.3 Å². The maximum Gasteiger partial charge on any atom is 0.500 e. The molecule has 4 aliphatic rings. The van der Waals surface area contributed by atoms with Crippen molar-refractivity contribution in [3.63, 3.8) is 0 Å². The molecule has 71 heavy (non-hydrogen) atoms. The minimum atomic E-state index is -6.41. The number of hydrogen-bond acceptors (Lipinski definition) is 9. The van der Waals surface area contributed by atoms with Gasteiger partial charge in [0.1, 0.15) is 12.8 Å². The number of carbonyl (C=O) groups is 1. The highest BCUT2D eigenvalue weighted by atomic mass is 28.4. The largest absolute Gasteiger partial charge is 0.500 e. The average Bonchev–Trinajstić information content (AvgIpc) is 4.03. The molecular formula is C26H21F35O9Si. The molecule has 0 aliphatic carbocycles. The van der Waals surface area contributed by atoms with Crippen molar-refractivity contribution in [3.8, 4) is 0 Å². The van der Waals surface area contributed by atoms with Crippen LogP contribution in [0.25, 0.3) is 0 Å². The van der Waals surface area contributed by atoms with E-state index in [9.17, 15) is 154 Å². The van der Waals surface area contributed by atoms with Crippen LogP contribution < -0.4 is 0 Å². The molecule has 4 fully saturated rings. The first-order valence-corrected chi connectivity index (χ1v) is 18.2. The van der Waals surface area contributed by atoms with Crippen LogP contribution in [-0.4, -0.2) is 146 Å². The van der Waals surface area contributed by atoms with Crippen LogP contribution in [-0.2, 0) is 37.0 Å². The third kappa shape index (κ3) is 18.2. The van der Waals surface area contributed by atoms with Crippen molar-refractivity contribution >= 4 is 15.1 Å². The van der Waals surface area contributed by atoms with Crippen molar-refractivity contribution in [1.29, 1.82) is 0 Å². The normalized spacial score (nSPS) is 27.9. The SMILES string of the molecule is CO[Si](CCCOCC(F)(C(F)(F)F)C1(F)OC1(F)F)(OC)OC.FC(F)(F)C(F)(F)C1(F)OC1(F)F.FC(F)(F)CC(F)(F)F.FC(F)(F)CC(F)(F)F.FC1(F)OC1(F)C1(F)OC1(F)F.O=C(F)F. The molecule has 0 amide bonds. The minimum Gasteiger partial charge on any atom is -0.378 e. The first kappa shape index (κ1) is 70.2. The highest BCUT2D eigenvalue weighted by Crippen LogP contribution is 2.71. The summed E-state index contributed by atoms with van der Waals surface area (Å²) in [6.07, 6.45) is -60.2. The van der Waals surface area contributed by atoms with Gasteiger partial charge in [0.25, 0.3) is 5.67 Å². The third-order valence-corrected chi connectivity index (χ3v) is 10.2. The van der Waals surface area contributed by atoms with Gasteiger partial charge in [-0.3, -0.25) is 18.9 Å². The van der Waals surface area contributed by atoms with Gasteiger partial charge in [-0.2, -0.15) is 140 Å². The lowest BCUT2D eigenvalue weighted by Gasteiger charge is -2.28. The van der Waals surface area contributed by atoms with E-state index in [-0.39, 0.29) is 12.5 Å². The third-order valence-electron chi connectivity index (χ3n) is 7.35. The van der Waals surface area contributed by atoms with Crippen LogP contribution in [0.4, 0.5) is 158 Å². The van der Waals surface area contributed by atoms with Gasteiger partial charge in [0.2, 0.25) is 0 Å². The summed E-state index contributed by atoms with van der Waals surface area (Å²) in [6.45, 7) is -2.47. The summed E-state index contributed by atoms with van der Waals surface area (Å²) < 4.78 is 436. The fourth-order valence-corrected chi connectivity index (χ4v) is 5.51. The smallest absolute Gasteiger partial charge is 0.378 e. The predicted molar refractivity (Wildman–Crippen MR) is 148 cm³/mol. The Bertz CT molecular complexity index is 1620. The number of alkyl halides is 33. The van der Waals surface area contributed by atoms with E-state index in [0.29, 0.717) is 0 Å². The molecule has 5 unspecified atom stereocenters. The van der Waals surface area contributed by atoms with E-state index in [1.165, 1.54) is 21.3 Å². The summed E-state index contributed by atoms with van der Waals surface area (Å²) in [7, 11) is 0.892. The van der Waals surface area contributed by atoms with Crippen molar-refractivity contribution < 1.29 is 195 Å². The van der Waals surface area contributed by atoms with Gasteiger partial charge in [-0.05, 0) is 6.42 Å². The standard InChI is InChI=1S/C11H17F7O5Si.C4F8O.C4F6O2.2C3H2F6.CF2O/c1-19-24(20-2,21-3)6-4-5-22-7-8(12,10(14,15)16)9(13)11(17,18)23-9;5-1(6,3(8,9)10)2(7)4(11,12)13-2;5-1(3(7,8)11-1)2(6)4(9,10)12-2;2*4-2(5,6)1-3(7,8)9;2-1(3)4/h4-7H2,1-3H3;;;2*1H2;. The Hall–Kier alpha value is -2.88. The topological polar surface area (TPSA) is 104 Å². The zero-order valence-corrected chi connectivity index (χ0v) is 34.1. The van der Waals surface area contributed by atoms with Crippen LogP contribution in [0.3, 0.4) is 0 Å². The van der Waals surface area contributed by atoms with E-state index in [1.807, 2.05) is 0 Å². The summed E-state index contributed by atoms with van der Waals surface area (Å²) in [5, 5.41) is 0. The van der Waals surface area contributed by atoms with Gasteiger partial charge in [-0.1, -0.05) is 0 Å². The molecule has 0 bridgehead atoms. The van der Waals surface area contributed by atoms with Crippen molar-refractivity contribution in [2.75, 3.05) is 34.5 Å². The molecule has 4 heterocycles. The van der Waals surface area contributed by atoms with E-state index >= 15 is 0 Å². The molecule has 0 aromatic carbocycles. The van der Waals surface area contributed by atoms with Crippen LogP contribution in [0.15, 0.2) is 0 Å². The number of epoxide rings is 4. The summed E-state index contributed by atoms with van der Waals surface area (Å²) in [4.78, 5) is 8.11. The van der Waals surface area contributed by atoms with E-state index in [1.54, 1.807) is 0 Å². The quantitative estimate of drug-likeness (QED) is 0.0621. The maximum atomic E-state index is 13.9. The average molecular weight is 1170 g/mol. The molecule has 5 atom stereocenters. The molecule has 0 aromatic heterocycles. The number of ether oxygens (including phenoxy) is 5. The van der Waals surface area contributed by atoms with Gasteiger partial charge >= 0.3 is 106 Å². The van der Waals surface area contributed by atoms with Crippen LogP contribution in [0.5, 0.6) is 0 Å². The Kier molecular flexibility index (Phi) is 21.5. The van der Waals surface area contributed by atoms with Crippen molar-refractivity contribution in [2.24, 2.45) is 0 Å². The maximum absolute atomic E-state index is 13.9. The molecule has 45 heteroatoms. The summed E-state index contributed by atoms with van der Waals surface area (Å²) in [5.74, 6) is -25.0. The fourth-order valence-electron chi connectivity index (χ4n) is 3.82. The second-order valence-electron chi connectivity index (χ2n) is 12.7. The van der Waals surface area contributed by atoms with Crippen molar-refractivity contribution in [2.45, 2.75) is 122 Å². The van der Waals surface area contributed by atoms with Crippen molar-refractivity contribution in [3.05, 3.63) is 0 Å². The van der Waals surface area contributed by atoms with Crippen LogP contribution in [0.2, 0.25) is 6.04 Å². The Morgan fingerprint density at radius 2 is 0.704 bits per heavy atom. The molecule has 4 rings (SSSR count). The van der Waals surface area contributed by atoms with E-state index in [0.717, 1.165) is 0 Å². The lowest BCUT2D eigenvalue weighted by molar-refractivity contribution is -0.327. The monoisotopic (exact) mass is 1170 g/mol. The van der Waals surface area contributed by atoms with Gasteiger partial charge in [0.15, 0.2) is 0 Å². The van der Waals surface area contributed by atoms with E-state index < -0.39 is 138 Å². The molecular weight excluding hydrogens is 1150 g/mol. The van der Waals surface area contributed by atoms with Crippen molar-refractivity contribution in [1.82, 2.24) is 0 Å². The van der Waals surface area contributed by atoms with Gasteiger partial charge in [0, 0.05) is 34.0 Å². The lowest BCUT2D eigenvalue weighted by Crippen LogP contribution is -2.56. The molecule has 0 N–H and O–H groups in total. The summed E-state index contributed by atoms with van der Waals surface area (Å²) in [6, 6.07) is 0.106. The Labute approximate surface area is 367 Å².